The molecule has 13 heavy (non-hydrogen) atoms. The highest BCUT2D eigenvalue weighted by atomic mass is 35.5. The van der Waals surface area contributed by atoms with E-state index in [0.717, 1.165) is 16.3 Å². The molecule has 1 fully saturated rings. The minimum absolute atomic E-state index is 0.330. The summed E-state index contributed by atoms with van der Waals surface area (Å²) in [6, 6.07) is 1.93. The van der Waals surface area contributed by atoms with Gasteiger partial charge in [-0.25, -0.2) is 0 Å². The molecule has 1 aromatic heterocycles. The van der Waals surface area contributed by atoms with E-state index in [1.165, 1.54) is 17.8 Å². The zero-order valence-electron chi connectivity index (χ0n) is 7.53. The second kappa shape index (κ2) is 3.60. The van der Waals surface area contributed by atoms with Crippen LogP contribution in [0, 0.1) is 11.8 Å². The highest BCUT2D eigenvalue weighted by molar-refractivity contribution is 7.14. The summed E-state index contributed by atoms with van der Waals surface area (Å²) in [6.45, 7) is 2.17. The third-order valence-electron chi connectivity index (χ3n) is 2.87. The van der Waals surface area contributed by atoms with E-state index in [2.05, 4.69) is 6.92 Å². The molecule has 0 aliphatic heterocycles. The summed E-state index contributed by atoms with van der Waals surface area (Å²) < 4.78 is 0.745. The molecule has 0 spiro atoms. The van der Waals surface area contributed by atoms with Crippen LogP contribution >= 0.6 is 22.9 Å². The van der Waals surface area contributed by atoms with Crippen molar-refractivity contribution in [3.05, 3.63) is 21.3 Å². The van der Waals surface area contributed by atoms with Gasteiger partial charge >= 0.3 is 0 Å². The van der Waals surface area contributed by atoms with Crippen molar-refractivity contribution in [3.8, 4) is 0 Å². The van der Waals surface area contributed by atoms with Gasteiger partial charge in [0.1, 0.15) is 0 Å². The fraction of sp³-hybridized carbons (Fsp3) is 0.600. The Morgan fingerprint density at radius 2 is 2.54 bits per heavy atom. The maximum Gasteiger partial charge on any atom is 0.0986 e. The van der Waals surface area contributed by atoms with Crippen LogP contribution in [0.3, 0.4) is 0 Å². The first kappa shape index (κ1) is 9.50. The van der Waals surface area contributed by atoms with E-state index in [0.29, 0.717) is 11.8 Å². The Morgan fingerprint density at radius 3 is 3.00 bits per heavy atom. The Bertz CT molecular complexity index is 297. The van der Waals surface area contributed by atoms with Gasteiger partial charge in [-0.2, -0.15) is 0 Å². The van der Waals surface area contributed by atoms with Crippen molar-refractivity contribution in [1.82, 2.24) is 0 Å². The largest absolute Gasteiger partial charge is 0.388 e. The third kappa shape index (κ3) is 1.76. The monoisotopic (exact) mass is 216 g/mol. The van der Waals surface area contributed by atoms with Crippen molar-refractivity contribution in [1.29, 1.82) is 0 Å². The average molecular weight is 217 g/mol. The molecule has 72 valence electrons. The maximum absolute atomic E-state index is 9.95. The summed E-state index contributed by atoms with van der Waals surface area (Å²) in [5, 5.41) is 11.9. The Labute approximate surface area is 87.4 Å². The first-order valence-corrected chi connectivity index (χ1v) is 5.90. The molecule has 1 aromatic rings. The van der Waals surface area contributed by atoms with E-state index >= 15 is 0 Å². The molecular formula is C10H13ClOS. The summed E-state index contributed by atoms with van der Waals surface area (Å²) in [5.41, 5.74) is 0.924. The molecule has 3 unspecified atom stereocenters. The van der Waals surface area contributed by atoms with Gasteiger partial charge in [0.25, 0.3) is 0 Å². The molecular weight excluding hydrogens is 204 g/mol. The van der Waals surface area contributed by atoms with Crippen LogP contribution in [-0.2, 0) is 0 Å². The minimum atomic E-state index is -0.330. The summed E-state index contributed by atoms with van der Waals surface area (Å²) in [4.78, 5) is 0. The van der Waals surface area contributed by atoms with E-state index in [4.69, 9.17) is 11.6 Å². The molecule has 1 aliphatic rings. The van der Waals surface area contributed by atoms with Crippen LogP contribution < -0.4 is 0 Å². The topological polar surface area (TPSA) is 20.2 Å². The van der Waals surface area contributed by atoms with Gasteiger partial charge < -0.3 is 5.11 Å². The van der Waals surface area contributed by atoms with Crippen molar-refractivity contribution in [2.45, 2.75) is 25.9 Å². The van der Waals surface area contributed by atoms with E-state index in [9.17, 15) is 5.11 Å². The number of aliphatic hydroxyl groups is 1. The molecule has 1 saturated carbocycles. The number of rotatable bonds is 3. The molecule has 0 aromatic carbocycles. The summed E-state index contributed by atoms with van der Waals surface area (Å²) in [7, 11) is 0. The zero-order chi connectivity index (χ0) is 9.42. The van der Waals surface area contributed by atoms with Crippen molar-refractivity contribution in [3.63, 3.8) is 0 Å². The lowest BCUT2D eigenvalue weighted by Crippen LogP contribution is -2.00. The van der Waals surface area contributed by atoms with Crippen LogP contribution in [0.25, 0.3) is 0 Å². The highest BCUT2D eigenvalue weighted by Crippen LogP contribution is 2.50. The first-order valence-electron chi connectivity index (χ1n) is 4.65. The highest BCUT2D eigenvalue weighted by Gasteiger charge is 2.42. The Hall–Kier alpha value is -0.0500. The van der Waals surface area contributed by atoms with Gasteiger partial charge in [0, 0.05) is 5.56 Å². The number of hydrogen-bond donors (Lipinski definition) is 1. The normalized spacial score (nSPS) is 28.8. The summed E-state index contributed by atoms with van der Waals surface area (Å²) in [6.07, 6.45) is 2.00. The SMILES string of the molecule is CCC1CC1C(O)c1ccsc1Cl. The van der Waals surface area contributed by atoms with Gasteiger partial charge in [-0.1, -0.05) is 24.9 Å². The van der Waals surface area contributed by atoms with Crippen molar-refractivity contribution in [2.24, 2.45) is 11.8 Å². The lowest BCUT2D eigenvalue weighted by Gasteiger charge is -2.08. The van der Waals surface area contributed by atoms with E-state index < -0.39 is 0 Å². The molecule has 3 heteroatoms. The molecule has 1 aliphatic carbocycles. The van der Waals surface area contributed by atoms with Crippen molar-refractivity contribution < 1.29 is 5.11 Å². The smallest absolute Gasteiger partial charge is 0.0986 e. The lowest BCUT2D eigenvalue weighted by molar-refractivity contribution is 0.147. The molecule has 0 radical (unpaired) electrons. The van der Waals surface area contributed by atoms with Crippen molar-refractivity contribution in [2.75, 3.05) is 0 Å². The van der Waals surface area contributed by atoms with Crippen LogP contribution in [-0.4, -0.2) is 5.11 Å². The van der Waals surface area contributed by atoms with Gasteiger partial charge in [0.15, 0.2) is 0 Å². The molecule has 0 amide bonds. The zero-order valence-corrected chi connectivity index (χ0v) is 9.11. The van der Waals surface area contributed by atoms with Crippen LogP contribution in [0.5, 0.6) is 0 Å². The molecule has 1 heterocycles. The fourth-order valence-electron chi connectivity index (χ4n) is 1.87. The number of halogens is 1. The second-order valence-corrected chi connectivity index (χ2v) is 5.18. The number of aliphatic hydroxyl groups excluding tert-OH is 1. The maximum atomic E-state index is 9.95. The molecule has 2 rings (SSSR count). The molecule has 3 atom stereocenters. The molecule has 1 N–H and O–H groups in total. The third-order valence-corrected chi connectivity index (χ3v) is 4.07. The van der Waals surface area contributed by atoms with Crippen LogP contribution in [0.1, 0.15) is 31.4 Å². The Kier molecular flexibility index (Phi) is 2.63. The van der Waals surface area contributed by atoms with E-state index in [-0.39, 0.29) is 6.10 Å². The molecule has 0 saturated heterocycles. The van der Waals surface area contributed by atoms with Gasteiger partial charge in [0.05, 0.1) is 10.4 Å². The van der Waals surface area contributed by atoms with Crippen LogP contribution in [0.2, 0.25) is 4.34 Å². The van der Waals surface area contributed by atoms with Gasteiger partial charge in [-0.05, 0) is 29.7 Å². The predicted molar refractivity (Wildman–Crippen MR) is 56.2 cm³/mol. The van der Waals surface area contributed by atoms with E-state index in [1.54, 1.807) is 0 Å². The second-order valence-electron chi connectivity index (χ2n) is 3.66. The number of thiophene rings is 1. The lowest BCUT2D eigenvalue weighted by atomic mass is 10.1. The predicted octanol–water partition coefficient (Wildman–Crippen LogP) is 3.48. The minimum Gasteiger partial charge on any atom is -0.388 e. The summed E-state index contributed by atoms with van der Waals surface area (Å²) >= 11 is 7.45. The first-order chi connectivity index (χ1) is 6.24. The standard InChI is InChI=1S/C10H13ClOS/c1-2-6-5-8(6)9(12)7-3-4-13-10(7)11/h3-4,6,8-9,12H,2,5H2,1H3. The van der Waals surface area contributed by atoms with E-state index in [1.807, 2.05) is 11.4 Å². The molecule has 0 bridgehead atoms. The Balaban J connectivity index is 2.06. The van der Waals surface area contributed by atoms with Crippen LogP contribution in [0.4, 0.5) is 0 Å². The van der Waals surface area contributed by atoms with Gasteiger partial charge in [-0.15, -0.1) is 11.3 Å². The van der Waals surface area contributed by atoms with Gasteiger partial charge in [0.2, 0.25) is 0 Å². The molecule has 1 nitrogen and oxygen atoms in total. The summed E-state index contributed by atoms with van der Waals surface area (Å²) in [5.74, 6) is 1.17. The fourth-order valence-corrected chi connectivity index (χ4v) is 2.86. The van der Waals surface area contributed by atoms with Crippen LogP contribution in [0.15, 0.2) is 11.4 Å². The number of hydrogen-bond acceptors (Lipinski definition) is 2. The van der Waals surface area contributed by atoms with Crippen molar-refractivity contribution >= 4 is 22.9 Å². The average Bonchev–Trinajstić information content (AvgIpc) is 2.80. The van der Waals surface area contributed by atoms with Gasteiger partial charge in [-0.3, -0.25) is 0 Å². The quantitative estimate of drug-likeness (QED) is 0.820. The Morgan fingerprint density at radius 1 is 1.77 bits per heavy atom.